The molecule has 3 rings (SSSR count). The fraction of sp³-hybridized carbons (Fsp3) is 0.615. The highest BCUT2D eigenvalue weighted by atomic mass is 16.6. The first-order valence-corrected chi connectivity index (χ1v) is 6.85. The molecule has 0 amide bonds. The molecule has 8 heteroatoms. The molecule has 1 fully saturated rings. The van der Waals surface area contributed by atoms with Crippen LogP contribution >= 0.6 is 0 Å². The summed E-state index contributed by atoms with van der Waals surface area (Å²) in [6.07, 6.45) is 3.12. The molecule has 0 spiro atoms. The molecule has 0 aliphatic carbocycles. The van der Waals surface area contributed by atoms with Gasteiger partial charge >= 0.3 is 0 Å². The standard InChI is InChI=1S/C13H19N5O3/c1-4-7-9(19-2)10(20-3)13(21-7)18-6-17-8-11(14)15-5-16-12(8)18/h5-7,9-10,13H,4H2,1-3H3,(H2,14,15,16)/t7-,9?,10+,13-/m1/s1. The zero-order chi connectivity index (χ0) is 15.0. The molecule has 0 saturated carbocycles. The Balaban J connectivity index is 2.03. The number of nitrogens with zero attached hydrogens (tertiary/aromatic N) is 4. The molecule has 0 radical (unpaired) electrons. The van der Waals surface area contributed by atoms with Gasteiger partial charge in [0.1, 0.15) is 24.1 Å². The van der Waals surface area contributed by atoms with E-state index in [1.807, 2.05) is 4.57 Å². The predicted molar refractivity (Wildman–Crippen MR) is 75.5 cm³/mol. The normalized spacial score (nSPS) is 29.3. The van der Waals surface area contributed by atoms with E-state index in [-0.39, 0.29) is 24.5 Å². The van der Waals surface area contributed by atoms with E-state index in [2.05, 4.69) is 21.9 Å². The third kappa shape index (κ3) is 2.15. The van der Waals surface area contributed by atoms with Crippen LogP contribution in [0.3, 0.4) is 0 Å². The second-order valence-electron chi connectivity index (χ2n) is 4.96. The summed E-state index contributed by atoms with van der Waals surface area (Å²) in [6, 6.07) is 0. The van der Waals surface area contributed by atoms with Gasteiger partial charge in [0.25, 0.3) is 0 Å². The number of rotatable bonds is 4. The van der Waals surface area contributed by atoms with E-state index in [1.54, 1.807) is 20.5 Å². The summed E-state index contributed by atoms with van der Waals surface area (Å²) < 4.78 is 19.0. The van der Waals surface area contributed by atoms with Gasteiger partial charge in [-0.2, -0.15) is 0 Å². The van der Waals surface area contributed by atoms with Gasteiger partial charge in [0.2, 0.25) is 0 Å². The lowest BCUT2D eigenvalue weighted by Crippen LogP contribution is -2.34. The topological polar surface area (TPSA) is 97.3 Å². The number of ether oxygens (including phenoxy) is 3. The maximum Gasteiger partial charge on any atom is 0.167 e. The van der Waals surface area contributed by atoms with Gasteiger partial charge in [0.15, 0.2) is 17.7 Å². The van der Waals surface area contributed by atoms with Crippen LogP contribution in [0.25, 0.3) is 11.2 Å². The van der Waals surface area contributed by atoms with Crippen LogP contribution in [0.5, 0.6) is 0 Å². The lowest BCUT2D eigenvalue weighted by atomic mass is 10.1. The number of fused-ring (bicyclic) bond motifs is 1. The molecule has 2 aromatic rings. The van der Waals surface area contributed by atoms with Crippen molar-refractivity contribution in [2.75, 3.05) is 20.0 Å². The van der Waals surface area contributed by atoms with Crippen LogP contribution in [0.1, 0.15) is 19.6 Å². The molecule has 2 N–H and O–H groups in total. The van der Waals surface area contributed by atoms with Crippen LogP contribution in [0.4, 0.5) is 5.82 Å². The van der Waals surface area contributed by atoms with Crippen molar-refractivity contribution in [1.29, 1.82) is 0 Å². The number of hydrogen-bond donors (Lipinski definition) is 1. The van der Waals surface area contributed by atoms with Gasteiger partial charge in [-0.1, -0.05) is 6.92 Å². The first-order valence-electron chi connectivity index (χ1n) is 6.85. The van der Waals surface area contributed by atoms with Crippen molar-refractivity contribution in [3.63, 3.8) is 0 Å². The van der Waals surface area contributed by atoms with E-state index >= 15 is 0 Å². The lowest BCUT2D eigenvalue weighted by Gasteiger charge is -2.21. The molecule has 2 aromatic heterocycles. The Kier molecular flexibility index (Phi) is 3.75. The van der Waals surface area contributed by atoms with Gasteiger partial charge in [-0.3, -0.25) is 4.57 Å². The molecule has 1 aliphatic rings. The van der Waals surface area contributed by atoms with Crippen molar-refractivity contribution < 1.29 is 14.2 Å². The number of nitrogen functional groups attached to an aromatic ring is 1. The van der Waals surface area contributed by atoms with Crippen LogP contribution in [-0.2, 0) is 14.2 Å². The van der Waals surface area contributed by atoms with E-state index in [9.17, 15) is 0 Å². The van der Waals surface area contributed by atoms with Crippen molar-refractivity contribution in [1.82, 2.24) is 19.5 Å². The van der Waals surface area contributed by atoms with E-state index in [0.29, 0.717) is 17.0 Å². The number of imidazole rings is 1. The number of anilines is 1. The maximum atomic E-state index is 6.08. The Bertz CT molecular complexity index is 631. The SMILES string of the molecule is CC[C@H]1O[C@@H](n2cnc3c(N)ncnc32)[C@@H](OC)C1OC. The Morgan fingerprint density at radius 1 is 1.24 bits per heavy atom. The highest BCUT2D eigenvalue weighted by Crippen LogP contribution is 2.36. The summed E-state index contributed by atoms with van der Waals surface area (Å²) in [5.74, 6) is 0.348. The van der Waals surface area contributed by atoms with Crippen LogP contribution in [0.15, 0.2) is 12.7 Å². The maximum absolute atomic E-state index is 6.08. The summed E-state index contributed by atoms with van der Waals surface area (Å²) in [6.45, 7) is 2.05. The smallest absolute Gasteiger partial charge is 0.167 e. The third-order valence-corrected chi connectivity index (χ3v) is 3.89. The molecule has 21 heavy (non-hydrogen) atoms. The Morgan fingerprint density at radius 2 is 2.00 bits per heavy atom. The fourth-order valence-corrected chi connectivity index (χ4v) is 2.85. The minimum absolute atomic E-state index is 0.0402. The molecular formula is C13H19N5O3. The van der Waals surface area contributed by atoms with Crippen LogP contribution < -0.4 is 5.73 Å². The number of hydrogen-bond acceptors (Lipinski definition) is 7. The minimum Gasteiger partial charge on any atom is -0.382 e. The van der Waals surface area contributed by atoms with Crippen LogP contribution in [0.2, 0.25) is 0 Å². The van der Waals surface area contributed by atoms with Crippen molar-refractivity contribution in [3.8, 4) is 0 Å². The molecule has 1 saturated heterocycles. The molecular weight excluding hydrogens is 274 g/mol. The van der Waals surface area contributed by atoms with E-state index in [1.165, 1.54) is 6.33 Å². The van der Waals surface area contributed by atoms with Crippen LogP contribution in [-0.4, -0.2) is 52.1 Å². The van der Waals surface area contributed by atoms with Gasteiger partial charge in [-0.05, 0) is 6.42 Å². The molecule has 1 aliphatic heterocycles. The van der Waals surface area contributed by atoms with Crippen molar-refractivity contribution >= 4 is 17.0 Å². The summed E-state index contributed by atoms with van der Waals surface area (Å²) >= 11 is 0. The largest absolute Gasteiger partial charge is 0.382 e. The van der Waals surface area contributed by atoms with Gasteiger partial charge in [-0.15, -0.1) is 0 Å². The van der Waals surface area contributed by atoms with Gasteiger partial charge in [0.05, 0.1) is 12.4 Å². The summed E-state index contributed by atoms with van der Waals surface area (Å²) in [5, 5.41) is 0. The molecule has 1 unspecified atom stereocenters. The second-order valence-corrected chi connectivity index (χ2v) is 4.96. The van der Waals surface area contributed by atoms with Gasteiger partial charge in [0, 0.05) is 14.2 Å². The summed E-state index contributed by atoms with van der Waals surface area (Å²) in [5.41, 5.74) is 7.00. The number of aromatic nitrogens is 4. The lowest BCUT2D eigenvalue weighted by molar-refractivity contribution is -0.0517. The van der Waals surface area contributed by atoms with Crippen LogP contribution in [0, 0.1) is 0 Å². The number of methoxy groups -OCH3 is 2. The average molecular weight is 293 g/mol. The zero-order valence-corrected chi connectivity index (χ0v) is 12.3. The highest BCUT2D eigenvalue weighted by molar-refractivity contribution is 5.81. The van der Waals surface area contributed by atoms with Gasteiger partial charge in [-0.25, -0.2) is 15.0 Å². The van der Waals surface area contributed by atoms with E-state index < -0.39 is 0 Å². The zero-order valence-electron chi connectivity index (χ0n) is 12.3. The molecule has 8 nitrogen and oxygen atoms in total. The molecule has 4 atom stereocenters. The van der Waals surface area contributed by atoms with Gasteiger partial charge < -0.3 is 19.9 Å². The van der Waals surface area contributed by atoms with E-state index in [0.717, 1.165) is 6.42 Å². The monoisotopic (exact) mass is 293 g/mol. The summed E-state index contributed by atoms with van der Waals surface area (Å²) in [7, 11) is 3.31. The quantitative estimate of drug-likeness (QED) is 0.888. The third-order valence-electron chi connectivity index (χ3n) is 3.89. The average Bonchev–Trinajstić information content (AvgIpc) is 3.07. The minimum atomic E-state index is -0.357. The van der Waals surface area contributed by atoms with Crippen molar-refractivity contribution in [2.45, 2.75) is 37.9 Å². The molecule has 3 heterocycles. The predicted octanol–water partition coefficient (Wildman–Crippen LogP) is 0.746. The molecule has 114 valence electrons. The first-order chi connectivity index (χ1) is 10.2. The summed E-state index contributed by atoms with van der Waals surface area (Å²) in [4.78, 5) is 12.5. The Morgan fingerprint density at radius 3 is 2.67 bits per heavy atom. The molecule has 0 aromatic carbocycles. The number of nitrogens with two attached hydrogens (primary N) is 1. The molecule has 0 bridgehead atoms. The fourth-order valence-electron chi connectivity index (χ4n) is 2.85. The highest BCUT2D eigenvalue weighted by Gasteiger charge is 2.45. The Labute approximate surface area is 122 Å². The Hall–Kier alpha value is -1.77. The van der Waals surface area contributed by atoms with Crippen molar-refractivity contribution in [3.05, 3.63) is 12.7 Å². The van der Waals surface area contributed by atoms with Crippen molar-refractivity contribution in [2.24, 2.45) is 0 Å². The second kappa shape index (κ2) is 5.55. The van der Waals surface area contributed by atoms with E-state index in [4.69, 9.17) is 19.9 Å². The first kappa shape index (κ1) is 14.2.